The van der Waals surface area contributed by atoms with Crippen LogP contribution in [0, 0.1) is 11.6 Å². The van der Waals surface area contributed by atoms with E-state index in [0.29, 0.717) is 10.2 Å². The summed E-state index contributed by atoms with van der Waals surface area (Å²) in [4.78, 5) is 0. The van der Waals surface area contributed by atoms with E-state index in [0.717, 1.165) is 11.8 Å². The van der Waals surface area contributed by atoms with E-state index in [1.165, 1.54) is 6.07 Å². The molecule has 0 saturated heterocycles. The summed E-state index contributed by atoms with van der Waals surface area (Å²) in [5.74, 6) is -0.760. The van der Waals surface area contributed by atoms with Crippen molar-refractivity contribution in [2.45, 2.75) is 0 Å². The summed E-state index contributed by atoms with van der Waals surface area (Å²) in [5.41, 5.74) is 0. The molecular formula is C15H13BrF2O3. The van der Waals surface area contributed by atoms with E-state index in [1.807, 2.05) is 0 Å². The molecule has 0 heterocycles. The van der Waals surface area contributed by atoms with Crippen LogP contribution in [0.3, 0.4) is 0 Å². The van der Waals surface area contributed by atoms with Crippen molar-refractivity contribution >= 4 is 15.9 Å². The van der Waals surface area contributed by atoms with Crippen LogP contribution in [0.1, 0.15) is 0 Å². The van der Waals surface area contributed by atoms with E-state index < -0.39 is 11.6 Å². The van der Waals surface area contributed by atoms with E-state index >= 15 is 0 Å². The molecule has 0 unspecified atom stereocenters. The number of hydrogen-bond acceptors (Lipinski definition) is 3. The Morgan fingerprint density at radius 2 is 1.57 bits per heavy atom. The Bertz CT molecular complexity index is 603. The van der Waals surface area contributed by atoms with Gasteiger partial charge < -0.3 is 14.2 Å². The van der Waals surface area contributed by atoms with Gasteiger partial charge >= 0.3 is 0 Å². The summed E-state index contributed by atoms with van der Waals surface area (Å²) in [5, 5.41) is 0. The lowest BCUT2D eigenvalue weighted by Gasteiger charge is -2.10. The van der Waals surface area contributed by atoms with Crippen molar-refractivity contribution < 1.29 is 23.0 Å². The van der Waals surface area contributed by atoms with Crippen molar-refractivity contribution in [2.75, 3.05) is 20.3 Å². The highest BCUT2D eigenvalue weighted by molar-refractivity contribution is 9.10. The minimum atomic E-state index is -1.01. The quantitative estimate of drug-likeness (QED) is 0.572. The van der Waals surface area contributed by atoms with Gasteiger partial charge in [0.2, 0.25) is 5.82 Å². The smallest absolute Gasteiger partial charge is 0.200 e. The molecule has 6 heteroatoms. The zero-order valence-corrected chi connectivity index (χ0v) is 12.8. The number of benzene rings is 2. The van der Waals surface area contributed by atoms with Gasteiger partial charge in [0, 0.05) is 4.47 Å². The maximum atomic E-state index is 13.4. The van der Waals surface area contributed by atoms with Crippen LogP contribution in [0.15, 0.2) is 40.9 Å². The van der Waals surface area contributed by atoms with E-state index in [9.17, 15) is 8.78 Å². The first-order valence-corrected chi connectivity index (χ1v) is 6.93. The second-order valence-electron chi connectivity index (χ2n) is 4.07. The highest BCUT2D eigenvalue weighted by atomic mass is 79.9. The SMILES string of the molecule is COc1ccc(OCCOc2cc(Br)cc(F)c2F)cc1. The first kappa shape index (κ1) is 15.6. The molecule has 2 rings (SSSR count). The molecule has 0 aromatic heterocycles. The first-order valence-electron chi connectivity index (χ1n) is 6.14. The number of rotatable bonds is 6. The van der Waals surface area contributed by atoms with Crippen LogP contribution in [0.2, 0.25) is 0 Å². The summed E-state index contributed by atoms with van der Waals surface area (Å²) < 4.78 is 42.6. The molecule has 21 heavy (non-hydrogen) atoms. The fourth-order valence-corrected chi connectivity index (χ4v) is 2.03. The fourth-order valence-electron chi connectivity index (χ4n) is 1.62. The molecule has 0 fully saturated rings. The van der Waals surface area contributed by atoms with Gasteiger partial charge in [0.1, 0.15) is 24.7 Å². The number of methoxy groups -OCH3 is 1. The van der Waals surface area contributed by atoms with Crippen molar-refractivity contribution in [3.05, 3.63) is 52.5 Å². The second kappa shape index (κ2) is 7.26. The Morgan fingerprint density at radius 3 is 2.24 bits per heavy atom. The number of ether oxygens (including phenoxy) is 3. The maximum Gasteiger partial charge on any atom is 0.200 e. The third-order valence-corrected chi connectivity index (χ3v) is 3.09. The zero-order chi connectivity index (χ0) is 15.2. The minimum absolute atomic E-state index is 0.0961. The summed E-state index contributed by atoms with van der Waals surface area (Å²) >= 11 is 3.08. The van der Waals surface area contributed by atoms with Gasteiger partial charge in [-0.3, -0.25) is 0 Å². The third kappa shape index (κ3) is 4.32. The normalized spacial score (nSPS) is 10.3. The van der Waals surface area contributed by atoms with Crippen LogP contribution in [0.25, 0.3) is 0 Å². The lowest BCUT2D eigenvalue weighted by Crippen LogP contribution is -2.10. The van der Waals surface area contributed by atoms with E-state index in [2.05, 4.69) is 15.9 Å². The molecular weight excluding hydrogens is 346 g/mol. The van der Waals surface area contributed by atoms with E-state index in [1.54, 1.807) is 31.4 Å². The molecule has 112 valence electrons. The standard InChI is InChI=1S/C15H13BrF2O3/c1-19-11-2-4-12(5-3-11)20-6-7-21-14-9-10(16)8-13(17)15(14)18/h2-5,8-9H,6-7H2,1H3. The molecule has 0 spiro atoms. The molecule has 0 saturated carbocycles. The van der Waals surface area contributed by atoms with Crippen molar-refractivity contribution in [3.8, 4) is 17.2 Å². The van der Waals surface area contributed by atoms with Crippen molar-refractivity contribution in [1.29, 1.82) is 0 Å². The van der Waals surface area contributed by atoms with Crippen LogP contribution >= 0.6 is 15.9 Å². The average Bonchev–Trinajstić information content (AvgIpc) is 2.49. The molecule has 0 aliphatic carbocycles. The molecule has 0 N–H and O–H groups in total. The molecule has 0 aliphatic heterocycles. The van der Waals surface area contributed by atoms with E-state index in [-0.39, 0.29) is 19.0 Å². The molecule has 0 amide bonds. The summed E-state index contributed by atoms with van der Waals surface area (Å²) in [7, 11) is 1.58. The first-order chi connectivity index (χ1) is 10.1. The predicted molar refractivity (Wildman–Crippen MR) is 78.0 cm³/mol. The summed E-state index contributed by atoms with van der Waals surface area (Å²) in [6.45, 7) is 0.304. The number of hydrogen-bond donors (Lipinski definition) is 0. The van der Waals surface area contributed by atoms with Gasteiger partial charge in [-0.25, -0.2) is 4.39 Å². The molecule has 2 aromatic carbocycles. The van der Waals surface area contributed by atoms with Crippen LogP contribution in [-0.2, 0) is 0 Å². The molecule has 3 nitrogen and oxygen atoms in total. The van der Waals surface area contributed by atoms with Gasteiger partial charge in [0.05, 0.1) is 7.11 Å². The fraction of sp³-hybridized carbons (Fsp3) is 0.200. The maximum absolute atomic E-state index is 13.4. The zero-order valence-electron chi connectivity index (χ0n) is 11.2. The Kier molecular flexibility index (Phi) is 5.38. The van der Waals surface area contributed by atoms with Crippen molar-refractivity contribution in [3.63, 3.8) is 0 Å². The molecule has 0 radical (unpaired) electrons. The largest absolute Gasteiger partial charge is 0.497 e. The topological polar surface area (TPSA) is 27.7 Å². The Labute approximate surface area is 129 Å². The van der Waals surface area contributed by atoms with Gasteiger partial charge in [-0.15, -0.1) is 0 Å². The summed E-state index contributed by atoms with van der Waals surface area (Å²) in [6.07, 6.45) is 0. The van der Waals surface area contributed by atoms with Crippen LogP contribution in [0.4, 0.5) is 8.78 Å². The molecule has 2 aromatic rings. The van der Waals surface area contributed by atoms with Gasteiger partial charge in [0.25, 0.3) is 0 Å². The van der Waals surface area contributed by atoms with Crippen molar-refractivity contribution in [1.82, 2.24) is 0 Å². The van der Waals surface area contributed by atoms with Crippen LogP contribution in [0.5, 0.6) is 17.2 Å². The van der Waals surface area contributed by atoms with E-state index in [4.69, 9.17) is 14.2 Å². The Balaban J connectivity index is 1.84. The Morgan fingerprint density at radius 1 is 0.952 bits per heavy atom. The van der Waals surface area contributed by atoms with Crippen molar-refractivity contribution in [2.24, 2.45) is 0 Å². The second-order valence-corrected chi connectivity index (χ2v) is 4.99. The monoisotopic (exact) mass is 358 g/mol. The van der Waals surface area contributed by atoms with Gasteiger partial charge in [-0.1, -0.05) is 15.9 Å². The highest BCUT2D eigenvalue weighted by Crippen LogP contribution is 2.25. The van der Waals surface area contributed by atoms with Crippen LogP contribution < -0.4 is 14.2 Å². The minimum Gasteiger partial charge on any atom is -0.497 e. The van der Waals surface area contributed by atoms with Gasteiger partial charge in [-0.2, -0.15) is 4.39 Å². The van der Waals surface area contributed by atoms with Gasteiger partial charge in [-0.05, 0) is 36.4 Å². The summed E-state index contributed by atoms with van der Waals surface area (Å²) in [6, 6.07) is 9.43. The number of halogens is 3. The molecule has 0 atom stereocenters. The van der Waals surface area contributed by atoms with Crippen LogP contribution in [-0.4, -0.2) is 20.3 Å². The Hall–Kier alpha value is -1.82. The average molecular weight is 359 g/mol. The highest BCUT2D eigenvalue weighted by Gasteiger charge is 2.11. The molecule has 0 aliphatic rings. The lowest BCUT2D eigenvalue weighted by molar-refractivity contribution is 0.209. The predicted octanol–water partition coefficient (Wildman–Crippen LogP) is 4.19. The van der Waals surface area contributed by atoms with Gasteiger partial charge in [0.15, 0.2) is 11.6 Å². The third-order valence-electron chi connectivity index (χ3n) is 2.63. The lowest BCUT2D eigenvalue weighted by atomic mass is 10.3. The molecule has 0 bridgehead atoms.